The van der Waals surface area contributed by atoms with Crippen molar-refractivity contribution >= 4 is 30.4 Å². The van der Waals surface area contributed by atoms with Crippen LogP contribution >= 0.6 is 7.44 Å². The highest BCUT2D eigenvalue weighted by molar-refractivity contribution is 7.59. The number of ether oxygens (including phenoxy) is 1. The average molecular weight is 493 g/mol. The molecule has 0 bridgehead atoms. The van der Waals surface area contributed by atoms with Gasteiger partial charge in [0, 0.05) is 6.04 Å². The van der Waals surface area contributed by atoms with E-state index in [1.807, 2.05) is 0 Å². The zero-order chi connectivity index (χ0) is 25.1. The number of nitrogens with zero attached hydrogens (tertiary/aromatic N) is 4. The van der Waals surface area contributed by atoms with E-state index in [0.717, 1.165) is 0 Å². The smallest absolute Gasteiger partial charge is 0.323 e. The number of fused-ring (bicyclic) bond motifs is 1. The van der Waals surface area contributed by atoms with Gasteiger partial charge in [0.25, 0.3) is 0 Å². The molecule has 0 aliphatic rings. The maximum absolute atomic E-state index is 13.8. The number of nitrogen functional groups attached to an aromatic ring is 1. The summed E-state index contributed by atoms with van der Waals surface area (Å²) in [6.45, 7) is 6.62. The number of benzene rings is 1. The van der Waals surface area contributed by atoms with E-state index in [1.54, 1.807) is 36.9 Å². The minimum atomic E-state index is -3.63. The molecule has 3 rings (SSSR count). The molecule has 0 aliphatic carbocycles. The van der Waals surface area contributed by atoms with E-state index in [2.05, 4.69) is 25.1 Å². The fraction of sp³-hybridized carbons (Fsp3) is 0.429. The molecule has 2 aromatic heterocycles. The van der Waals surface area contributed by atoms with Crippen LogP contribution in [-0.2, 0) is 20.6 Å². The highest BCUT2D eigenvalue weighted by Crippen LogP contribution is 2.42. The number of carboxylic acid groups (broad SMARTS) is 1. The van der Waals surface area contributed by atoms with Gasteiger partial charge in [-0.05, 0) is 45.4 Å². The maximum Gasteiger partial charge on any atom is 0.323 e. The Kier molecular flexibility index (Phi) is 7.67. The van der Waals surface area contributed by atoms with E-state index in [1.165, 1.54) is 32.3 Å². The number of imidazole rings is 1. The molecule has 34 heavy (non-hydrogen) atoms. The van der Waals surface area contributed by atoms with Crippen molar-refractivity contribution in [3.8, 4) is 0 Å². The molecular formula is C21H29FN7O4P. The number of nitrogens with two attached hydrogens (primary N) is 1. The molecule has 1 aromatic carbocycles. The summed E-state index contributed by atoms with van der Waals surface area (Å²) in [7, 11) is -3.63. The normalized spacial score (nSPS) is 15.7. The van der Waals surface area contributed by atoms with Crippen LogP contribution in [0.1, 0.15) is 39.3 Å². The van der Waals surface area contributed by atoms with E-state index < -0.39 is 36.9 Å². The topological polar surface area (TPSA) is 157 Å². The second kappa shape index (κ2) is 10.1. The molecule has 0 unspecified atom stereocenters. The quantitative estimate of drug-likeness (QED) is 0.293. The average Bonchev–Trinajstić information content (AvgIpc) is 3.16. The number of aliphatic carboxylic acids is 1. The highest BCUT2D eigenvalue weighted by atomic mass is 31.2. The standard InChI is InChI=1S/C21H29FN7O4P/c1-13(9-29-11-26-17-18(23)24-10-25-19(17)29)33-12-34(32,28-21(3,4)20(30)31)27-14(2)15-6-5-7-16(22)8-15/h5-8,10-11,13-14H,9,12H2,1-4H3,(H,30,31)(H2,23,24,25)(H2,27,28,32)/t13-,14-,34-/m1/s1. The van der Waals surface area contributed by atoms with Gasteiger partial charge >= 0.3 is 5.97 Å². The molecule has 2 heterocycles. The van der Waals surface area contributed by atoms with Crippen LogP contribution in [0.2, 0.25) is 0 Å². The molecule has 3 atom stereocenters. The summed E-state index contributed by atoms with van der Waals surface area (Å²) in [6.07, 6.45) is 2.15. The van der Waals surface area contributed by atoms with Crippen LogP contribution in [0.4, 0.5) is 10.2 Å². The molecule has 0 amide bonds. The molecular weight excluding hydrogens is 464 g/mol. The van der Waals surface area contributed by atoms with Gasteiger partial charge in [0.15, 0.2) is 11.5 Å². The number of anilines is 1. The third-order valence-corrected chi connectivity index (χ3v) is 7.41. The molecule has 0 saturated heterocycles. The van der Waals surface area contributed by atoms with E-state index in [0.29, 0.717) is 23.3 Å². The molecule has 0 fully saturated rings. The fourth-order valence-corrected chi connectivity index (χ4v) is 5.80. The van der Waals surface area contributed by atoms with Crippen LogP contribution in [0.5, 0.6) is 0 Å². The SMILES string of the molecule is C[C@H](Cn1cnc2c(N)ncnc21)OC[P@@](=O)(N[C@H](C)c1cccc(F)c1)NC(C)(C)C(=O)O. The molecule has 3 aromatic rings. The van der Waals surface area contributed by atoms with Gasteiger partial charge in [-0.15, -0.1) is 0 Å². The maximum atomic E-state index is 13.8. The van der Waals surface area contributed by atoms with Crippen LogP contribution in [0.3, 0.4) is 0 Å². The van der Waals surface area contributed by atoms with Crippen molar-refractivity contribution in [2.24, 2.45) is 0 Å². The van der Waals surface area contributed by atoms with Gasteiger partial charge in [-0.3, -0.25) is 9.36 Å². The van der Waals surface area contributed by atoms with Crippen molar-refractivity contribution in [1.82, 2.24) is 29.7 Å². The minimum Gasteiger partial charge on any atom is -0.480 e. The molecule has 11 nitrogen and oxygen atoms in total. The van der Waals surface area contributed by atoms with Gasteiger partial charge in [0.2, 0.25) is 7.44 Å². The van der Waals surface area contributed by atoms with Gasteiger partial charge in [-0.25, -0.2) is 29.5 Å². The lowest BCUT2D eigenvalue weighted by Gasteiger charge is -2.32. The van der Waals surface area contributed by atoms with Gasteiger partial charge in [0.1, 0.15) is 29.5 Å². The van der Waals surface area contributed by atoms with Crippen molar-refractivity contribution < 1.29 is 23.6 Å². The molecule has 0 radical (unpaired) electrons. The summed E-state index contributed by atoms with van der Waals surface area (Å²) in [5, 5.41) is 15.2. The third kappa shape index (κ3) is 6.15. The first-order valence-electron chi connectivity index (χ1n) is 10.6. The molecule has 0 aliphatic heterocycles. The van der Waals surface area contributed by atoms with Gasteiger partial charge in [0.05, 0.1) is 19.0 Å². The summed E-state index contributed by atoms with van der Waals surface area (Å²) in [6, 6.07) is 5.33. The van der Waals surface area contributed by atoms with Gasteiger partial charge in [-0.2, -0.15) is 0 Å². The van der Waals surface area contributed by atoms with Crippen LogP contribution < -0.4 is 15.9 Å². The summed E-state index contributed by atoms with van der Waals surface area (Å²) in [5.74, 6) is -1.35. The second-order valence-electron chi connectivity index (χ2n) is 8.62. The summed E-state index contributed by atoms with van der Waals surface area (Å²) in [4.78, 5) is 24.0. The Morgan fingerprint density at radius 3 is 2.74 bits per heavy atom. The van der Waals surface area contributed by atoms with Crippen molar-refractivity contribution in [2.75, 3.05) is 12.1 Å². The Balaban J connectivity index is 1.75. The van der Waals surface area contributed by atoms with Crippen LogP contribution in [0.25, 0.3) is 11.2 Å². The number of aromatic nitrogens is 4. The van der Waals surface area contributed by atoms with Crippen molar-refractivity contribution in [1.29, 1.82) is 0 Å². The summed E-state index contributed by atoms with van der Waals surface area (Å²) < 4.78 is 35.1. The highest BCUT2D eigenvalue weighted by Gasteiger charge is 2.37. The zero-order valence-corrected chi connectivity index (χ0v) is 20.3. The number of hydrogen-bond acceptors (Lipinski definition) is 7. The Hall–Kier alpha value is -2.92. The lowest BCUT2D eigenvalue weighted by molar-refractivity contribution is -0.142. The molecule has 0 spiro atoms. The Labute approximate surface area is 196 Å². The fourth-order valence-electron chi connectivity index (χ4n) is 3.36. The number of hydrogen-bond donors (Lipinski definition) is 4. The van der Waals surface area contributed by atoms with Crippen LogP contribution in [0, 0.1) is 5.82 Å². The zero-order valence-electron chi connectivity index (χ0n) is 19.4. The minimum absolute atomic E-state index is 0.262. The molecule has 184 valence electrons. The van der Waals surface area contributed by atoms with Crippen LogP contribution in [0.15, 0.2) is 36.9 Å². The number of carbonyl (C=O) groups is 1. The second-order valence-corrected chi connectivity index (χ2v) is 10.8. The summed E-state index contributed by atoms with van der Waals surface area (Å²) >= 11 is 0. The number of nitrogens with one attached hydrogen (secondary N) is 2. The van der Waals surface area contributed by atoms with Crippen molar-refractivity contribution in [3.63, 3.8) is 0 Å². The number of rotatable bonds is 11. The number of carboxylic acids is 1. The van der Waals surface area contributed by atoms with Gasteiger partial charge < -0.3 is 20.1 Å². The monoisotopic (exact) mass is 493 g/mol. The molecule has 0 saturated carbocycles. The van der Waals surface area contributed by atoms with Crippen molar-refractivity contribution in [3.05, 3.63) is 48.3 Å². The predicted octanol–water partition coefficient (Wildman–Crippen LogP) is 2.91. The van der Waals surface area contributed by atoms with E-state index >= 15 is 0 Å². The van der Waals surface area contributed by atoms with Crippen molar-refractivity contribution in [2.45, 2.75) is 51.9 Å². The van der Waals surface area contributed by atoms with E-state index in [-0.39, 0.29) is 12.2 Å². The first-order valence-corrected chi connectivity index (χ1v) is 12.5. The predicted molar refractivity (Wildman–Crippen MR) is 126 cm³/mol. The third-order valence-electron chi connectivity index (χ3n) is 5.17. The van der Waals surface area contributed by atoms with E-state index in [4.69, 9.17) is 10.5 Å². The Bertz CT molecular complexity index is 1220. The Morgan fingerprint density at radius 1 is 1.32 bits per heavy atom. The Morgan fingerprint density at radius 2 is 2.06 bits per heavy atom. The summed E-state index contributed by atoms with van der Waals surface area (Å²) in [5.41, 5.74) is 5.88. The van der Waals surface area contributed by atoms with E-state index in [9.17, 15) is 18.9 Å². The molecule has 5 N–H and O–H groups in total. The van der Waals surface area contributed by atoms with Gasteiger partial charge in [-0.1, -0.05) is 12.1 Å². The lowest BCUT2D eigenvalue weighted by atomic mass is 10.1. The number of halogens is 1. The van der Waals surface area contributed by atoms with Crippen LogP contribution in [-0.4, -0.2) is 48.6 Å². The lowest BCUT2D eigenvalue weighted by Crippen LogP contribution is -2.47. The molecule has 13 heteroatoms. The first-order chi connectivity index (χ1) is 15.9. The largest absolute Gasteiger partial charge is 0.480 e. The first kappa shape index (κ1) is 25.7.